The fourth-order valence-electron chi connectivity index (χ4n) is 3.71. The van der Waals surface area contributed by atoms with Crippen LogP contribution in [0.2, 0.25) is 0 Å². The predicted octanol–water partition coefficient (Wildman–Crippen LogP) is 4.11. The molecule has 1 aliphatic carbocycles. The van der Waals surface area contributed by atoms with Crippen molar-refractivity contribution in [2.75, 3.05) is 0 Å². The van der Waals surface area contributed by atoms with E-state index in [1.54, 1.807) is 4.57 Å². The summed E-state index contributed by atoms with van der Waals surface area (Å²) < 4.78 is 2.72. The van der Waals surface area contributed by atoms with Gasteiger partial charge >= 0.3 is 11.1 Å². The highest BCUT2D eigenvalue weighted by molar-refractivity contribution is 9.10. The Hall–Kier alpha value is -1.88. The van der Waals surface area contributed by atoms with E-state index < -0.39 is 11.1 Å². The summed E-state index contributed by atoms with van der Waals surface area (Å²) >= 11 is 3.47. The number of H-pyrrole nitrogens is 1. The van der Waals surface area contributed by atoms with Crippen LogP contribution in [0.25, 0.3) is 21.8 Å². The molecule has 3 aromatic rings. The lowest BCUT2D eigenvalue weighted by molar-refractivity contribution is 0.353. The molecule has 0 atom stereocenters. The Balaban J connectivity index is 2.09. The second-order valence-electron chi connectivity index (χ2n) is 6.25. The molecule has 1 saturated carbocycles. The Labute approximate surface area is 141 Å². The Bertz CT molecular complexity index is 1010. The lowest BCUT2D eigenvalue weighted by Crippen LogP contribution is -2.38. The summed E-state index contributed by atoms with van der Waals surface area (Å²) in [7, 11) is 0. The zero-order valence-corrected chi connectivity index (χ0v) is 14.2. The Morgan fingerprint density at radius 2 is 1.83 bits per heavy atom. The van der Waals surface area contributed by atoms with Crippen LogP contribution < -0.4 is 11.1 Å². The molecule has 0 bridgehead atoms. The average molecular weight is 373 g/mol. The van der Waals surface area contributed by atoms with Gasteiger partial charge in [-0.15, -0.1) is 0 Å². The number of aromatic amines is 1. The number of nitrogens with zero attached hydrogens (tertiary/aromatic N) is 1. The number of nitrogens with one attached hydrogen (secondary N) is 1. The maximum Gasteiger partial charge on any atom is 0.316 e. The number of fused-ring (bicyclic) bond motifs is 3. The van der Waals surface area contributed by atoms with Gasteiger partial charge in [0.05, 0.1) is 11.0 Å². The number of rotatable bonds is 1. The Morgan fingerprint density at radius 3 is 2.61 bits per heavy atom. The number of benzene rings is 2. The first kappa shape index (κ1) is 14.7. The van der Waals surface area contributed by atoms with E-state index in [2.05, 4.69) is 20.9 Å². The largest absolute Gasteiger partial charge is 0.316 e. The number of hydrogen-bond donors (Lipinski definition) is 1. The van der Waals surface area contributed by atoms with Crippen molar-refractivity contribution in [2.24, 2.45) is 0 Å². The molecular weight excluding hydrogens is 356 g/mol. The third-order valence-corrected chi connectivity index (χ3v) is 5.30. The van der Waals surface area contributed by atoms with Crippen molar-refractivity contribution < 1.29 is 0 Å². The van der Waals surface area contributed by atoms with Gasteiger partial charge in [0.15, 0.2) is 0 Å². The lowest BCUT2D eigenvalue weighted by Gasteiger charge is -2.25. The van der Waals surface area contributed by atoms with Crippen molar-refractivity contribution in [3.63, 3.8) is 0 Å². The molecule has 23 heavy (non-hydrogen) atoms. The highest BCUT2D eigenvalue weighted by Crippen LogP contribution is 2.31. The van der Waals surface area contributed by atoms with E-state index in [0.29, 0.717) is 0 Å². The smallest absolute Gasteiger partial charge is 0.315 e. The molecule has 0 amide bonds. The summed E-state index contributed by atoms with van der Waals surface area (Å²) in [5.41, 5.74) is 0.626. The molecule has 5 heteroatoms. The van der Waals surface area contributed by atoms with Crippen molar-refractivity contribution in [3.05, 3.63) is 55.5 Å². The fraction of sp³-hybridized carbons (Fsp3) is 0.333. The number of hydrogen-bond acceptors (Lipinski definition) is 2. The molecule has 0 saturated heterocycles. The first-order chi connectivity index (χ1) is 11.1. The van der Waals surface area contributed by atoms with E-state index in [1.807, 2.05) is 30.3 Å². The summed E-state index contributed by atoms with van der Waals surface area (Å²) in [4.78, 5) is 27.5. The summed E-state index contributed by atoms with van der Waals surface area (Å²) in [6.45, 7) is 0. The topological polar surface area (TPSA) is 54.9 Å². The molecule has 0 radical (unpaired) electrons. The monoisotopic (exact) mass is 372 g/mol. The van der Waals surface area contributed by atoms with E-state index >= 15 is 0 Å². The molecule has 1 heterocycles. The molecule has 4 rings (SSSR count). The molecular formula is C18H17BrN2O2. The minimum absolute atomic E-state index is 0.133. The third-order valence-electron chi connectivity index (χ3n) is 4.81. The zero-order valence-electron chi connectivity index (χ0n) is 12.6. The summed E-state index contributed by atoms with van der Waals surface area (Å²) in [5.74, 6) is 0. The molecule has 1 aromatic heterocycles. The number of aromatic nitrogens is 2. The van der Waals surface area contributed by atoms with Crippen LogP contribution in [0.15, 0.2) is 44.4 Å². The quantitative estimate of drug-likeness (QED) is 0.516. The van der Waals surface area contributed by atoms with Crippen molar-refractivity contribution in [1.29, 1.82) is 0 Å². The summed E-state index contributed by atoms with van der Waals surface area (Å²) in [6, 6.07) is 10.1. The van der Waals surface area contributed by atoms with E-state index in [9.17, 15) is 9.59 Å². The van der Waals surface area contributed by atoms with Gasteiger partial charge in [0, 0.05) is 15.9 Å². The van der Waals surface area contributed by atoms with Crippen molar-refractivity contribution in [2.45, 2.75) is 38.1 Å². The molecule has 1 N–H and O–H groups in total. The summed E-state index contributed by atoms with van der Waals surface area (Å²) in [5, 5.41) is 2.00. The van der Waals surface area contributed by atoms with Gasteiger partial charge in [0.2, 0.25) is 0 Å². The van der Waals surface area contributed by atoms with E-state index in [-0.39, 0.29) is 6.04 Å². The SMILES string of the molecule is O=c1[nH]c2c3ccc(Br)cc3ccc2n(C2CCCCC2)c1=O. The minimum atomic E-state index is -0.529. The van der Waals surface area contributed by atoms with Gasteiger partial charge in [-0.05, 0) is 36.4 Å². The zero-order chi connectivity index (χ0) is 16.0. The normalized spacial score (nSPS) is 16.2. The van der Waals surface area contributed by atoms with Gasteiger partial charge < -0.3 is 4.98 Å². The lowest BCUT2D eigenvalue weighted by atomic mass is 9.95. The van der Waals surface area contributed by atoms with E-state index in [0.717, 1.165) is 52.0 Å². The van der Waals surface area contributed by atoms with Crippen LogP contribution in [0.5, 0.6) is 0 Å². The fourth-order valence-corrected chi connectivity index (χ4v) is 4.09. The van der Waals surface area contributed by atoms with Crippen LogP contribution in [-0.2, 0) is 0 Å². The van der Waals surface area contributed by atoms with Crippen LogP contribution in [0.3, 0.4) is 0 Å². The Morgan fingerprint density at radius 1 is 1.04 bits per heavy atom. The van der Waals surface area contributed by atoms with Gasteiger partial charge in [0.25, 0.3) is 0 Å². The molecule has 4 nitrogen and oxygen atoms in total. The van der Waals surface area contributed by atoms with Gasteiger partial charge in [-0.25, -0.2) is 0 Å². The van der Waals surface area contributed by atoms with Gasteiger partial charge in [-0.2, -0.15) is 0 Å². The van der Waals surface area contributed by atoms with Crippen LogP contribution in [0.1, 0.15) is 38.1 Å². The maximum absolute atomic E-state index is 12.5. The first-order valence-electron chi connectivity index (χ1n) is 8.02. The van der Waals surface area contributed by atoms with Crippen molar-refractivity contribution >= 4 is 37.7 Å². The van der Waals surface area contributed by atoms with Crippen LogP contribution in [-0.4, -0.2) is 9.55 Å². The molecule has 1 fully saturated rings. The second-order valence-corrected chi connectivity index (χ2v) is 7.16. The second kappa shape index (κ2) is 5.64. The van der Waals surface area contributed by atoms with Gasteiger partial charge in [0.1, 0.15) is 0 Å². The molecule has 2 aromatic carbocycles. The van der Waals surface area contributed by atoms with Crippen LogP contribution >= 0.6 is 15.9 Å². The van der Waals surface area contributed by atoms with Crippen molar-refractivity contribution in [1.82, 2.24) is 9.55 Å². The standard InChI is InChI=1S/C18H17BrN2O2/c19-12-7-8-14-11(10-12)6-9-15-16(14)20-17(22)18(23)21(15)13-4-2-1-3-5-13/h6-10,13H,1-5H2,(H,20,22). The molecule has 0 spiro atoms. The van der Waals surface area contributed by atoms with E-state index in [1.165, 1.54) is 6.42 Å². The van der Waals surface area contributed by atoms with Crippen LogP contribution in [0, 0.1) is 0 Å². The highest BCUT2D eigenvalue weighted by atomic mass is 79.9. The van der Waals surface area contributed by atoms with Gasteiger partial charge in [-0.3, -0.25) is 14.2 Å². The summed E-state index contributed by atoms with van der Waals surface area (Å²) in [6.07, 6.45) is 5.38. The minimum Gasteiger partial charge on any atom is -0.315 e. The predicted molar refractivity (Wildman–Crippen MR) is 96.2 cm³/mol. The molecule has 1 aliphatic rings. The molecule has 118 valence electrons. The average Bonchev–Trinajstić information content (AvgIpc) is 2.56. The third kappa shape index (κ3) is 2.43. The van der Waals surface area contributed by atoms with Crippen molar-refractivity contribution in [3.8, 4) is 0 Å². The first-order valence-corrected chi connectivity index (χ1v) is 8.81. The molecule has 0 unspecified atom stereocenters. The highest BCUT2D eigenvalue weighted by Gasteiger charge is 2.20. The van der Waals surface area contributed by atoms with Crippen LogP contribution in [0.4, 0.5) is 0 Å². The maximum atomic E-state index is 12.5. The molecule has 0 aliphatic heterocycles. The van der Waals surface area contributed by atoms with Gasteiger partial charge in [-0.1, -0.05) is 47.3 Å². The Kier molecular flexibility index (Phi) is 3.60. The van der Waals surface area contributed by atoms with E-state index in [4.69, 9.17) is 0 Å². The number of halogens is 1.